The van der Waals surface area contributed by atoms with Gasteiger partial charge in [0.05, 0.1) is 77.8 Å². The second-order valence-electron chi connectivity index (χ2n) is 20.5. The van der Waals surface area contributed by atoms with Crippen molar-refractivity contribution in [2.45, 2.75) is 76.8 Å². The number of hydrogen-bond donors (Lipinski definition) is 8. The maximum atomic E-state index is 10.4. The summed E-state index contributed by atoms with van der Waals surface area (Å²) < 4.78 is 39.2. The Morgan fingerprint density at radius 1 is 0.487 bits per heavy atom. The Bertz CT molecular complexity index is 1160. The number of aliphatic hydroxyl groups excluding tert-OH is 1. The van der Waals surface area contributed by atoms with Gasteiger partial charge >= 0.3 is 0 Å². The van der Waals surface area contributed by atoms with E-state index in [4.69, 9.17) is 33.2 Å². The van der Waals surface area contributed by atoms with Gasteiger partial charge in [-0.1, -0.05) is 51.7 Å². The van der Waals surface area contributed by atoms with E-state index >= 15 is 0 Å². The molecule has 0 spiro atoms. The molecule has 4 atom stereocenters. The molecule has 0 radical (unpaired) electrons. The molecule has 20 nitrogen and oxygen atoms in total. The fourth-order valence-corrected chi connectivity index (χ4v) is 6.81. The summed E-state index contributed by atoms with van der Waals surface area (Å²) in [6.45, 7) is 38.2. The van der Waals surface area contributed by atoms with Gasteiger partial charge in [0.2, 0.25) is 0 Å². The maximum absolute atomic E-state index is 10.4. The van der Waals surface area contributed by atoms with Gasteiger partial charge in [0.1, 0.15) is 6.10 Å². The van der Waals surface area contributed by atoms with E-state index in [1.54, 1.807) is 12.2 Å². The van der Waals surface area contributed by atoms with Gasteiger partial charge in [-0.3, -0.25) is 4.90 Å². The van der Waals surface area contributed by atoms with Crippen molar-refractivity contribution in [1.82, 2.24) is 61.7 Å². The lowest BCUT2D eigenvalue weighted by molar-refractivity contribution is -0.00772. The van der Waals surface area contributed by atoms with Crippen molar-refractivity contribution < 1.29 is 38.3 Å². The number of likely N-dealkylation sites (N-methyl/N-ethyl adjacent to an activating group) is 4. The Hall–Kier alpha value is -1.32. The van der Waals surface area contributed by atoms with Crippen LogP contribution in [0, 0.1) is 0 Å². The lowest BCUT2D eigenvalue weighted by Crippen LogP contribution is -2.42. The minimum Gasteiger partial charge on any atom is -0.389 e. The van der Waals surface area contributed by atoms with Crippen LogP contribution >= 0.6 is 0 Å². The average molecular weight is 1090 g/mol. The van der Waals surface area contributed by atoms with E-state index in [1.165, 1.54) is 32.1 Å². The van der Waals surface area contributed by atoms with Crippen LogP contribution in [0.25, 0.3) is 0 Å². The van der Waals surface area contributed by atoms with Crippen LogP contribution in [0.3, 0.4) is 0 Å². The highest BCUT2D eigenvalue weighted by molar-refractivity contribution is 4.71. The van der Waals surface area contributed by atoms with Crippen LogP contribution in [0.1, 0.15) is 52.4 Å². The zero-order chi connectivity index (χ0) is 56.4. The zero-order valence-electron chi connectivity index (χ0n) is 50.8. The molecule has 0 bridgehead atoms. The molecule has 456 valence electrons. The molecule has 0 aromatic carbocycles. The van der Waals surface area contributed by atoms with Crippen molar-refractivity contribution in [2.24, 2.45) is 0 Å². The summed E-state index contributed by atoms with van der Waals surface area (Å²) in [4.78, 5) is 11.0. The molecular formula is C56H124N12O8. The Morgan fingerprint density at radius 2 is 0.895 bits per heavy atom. The summed E-state index contributed by atoms with van der Waals surface area (Å²) in [6.07, 6.45) is 10.7. The van der Waals surface area contributed by atoms with Gasteiger partial charge in [-0.05, 0) is 69.2 Å². The molecule has 1 fully saturated rings. The van der Waals surface area contributed by atoms with Crippen LogP contribution < -0.4 is 37.2 Å². The first-order valence-corrected chi connectivity index (χ1v) is 29.2. The summed E-state index contributed by atoms with van der Waals surface area (Å²) in [5.74, 6) is 0. The molecule has 0 amide bonds. The van der Waals surface area contributed by atoms with Gasteiger partial charge in [-0.15, -0.1) is 13.2 Å². The highest BCUT2D eigenvalue weighted by Crippen LogP contribution is 2.09. The Morgan fingerprint density at radius 3 is 1.32 bits per heavy atom. The molecule has 1 saturated heterocycles. The molecule has 1 rings (SSSR count). The summed E-state index contributed by atoms with van der Waals surface area (Å²) in [6, 6.07) is 0. The quantitative estimate of drug-likeness (QED) is 0.0245. The third-order valence-corrected chi connectivity index (χ3v) is 11.5. The van der Waals surface area contributed by atoms with E-state index in [-0.39, 0.29) is 12.2 Å². The fourth-order valence-electron chi connectivity index (χ4n) is 6.81. The molecule has 1 aliphatic heterocycles. The van der Waals surface area contributed by atoms with Crippen LogP contribution in [-0.4, -0.2) is 321 Å². The molecular weight excluding hydrogens is 969 g/mol. The number of epoxide rings is 1. The molecule has 0 aromatic heterocycles. The third kappa shape index (κ3) is 65.2. The lowest BCUT2D eigenvalue weighted by Gasteiger charge is -2.26. The van der Waals surface area contributed by atoms with Gasteiger partial charge < -0.3 is 95.1 Å². The van der Waals surface area contributed by atoms with E-state index in [9.17, 15) is 5.11 Å². The van der Waals surface area contributed by atoms with Gasteiger partial charge in [0.25, 0.3) is 0 Å². The zero-order valence-corrected chi connectivity index (χ0v) is 50.8. The van der Waals surface area contributed by atoms with Gasteiger partial charge in [0.15, 0.2) is 0 Å². The highest BCUT2D eigenvalue weighted by Gasteiger charge is 2.22. The second-order valence-corrected chi connectivity index (χ2v) is 20.5. The standard InChI is InChI=1S/C28H62N6O4.C20H46N6O2.C8H16O2/c1-7-9-10-21-37-25-27(35)24-34(19-18-33(5)6)17-14-30-15-22-38-28(26-36-20-8-2)23-31-12-11-29-13-16-32(3)4;1-6-16-27-19-20(18-24-10-9-22-12-15-26(4)5)28-17-13-23-8-7-21-11-14-25(2)3;1-2-3-4-5-9-6-8-7-10-8/h8,27-31,35H,2,7,9-26H2,1,3-6H3;6,20-24H,1,7-19H2,2-5H3;8H,2-7H2,1H3. The Kier molecular flexibility index (Phi) is 61.9. The van der Waals surface area contributed by atoms with Crippen molar-refractivity contribution >= 4 is 0 Å². The van der Waals surface area contributed by atoms with Crippen LogP contribution in [0.2, 0.25) is 0 Å². The molecule has 76 heavy (non-hydrogen) atoms. The van der Waals surface area contributed by atoms with Gasteiger partial charge in [-0.2, -0.15) is 0 Å². The van der Waals surface area contributed by atoms with Crippen molar-refractivity contribution in [1.29, 1.82) is 0 Å². The monoisotopic (exact) mass is 1090 g/mol. The first kappa shape index (κ1) is 76.7. The first-order valence-electron chi connectivity index (χ1n) is 29.2. The second kappa shape index (κ2) is 61.3. The highest BCUT2D eigenvalue weighted by atomic mass is 16.6. The van der Waals surface area contributed by atoms with E-state index in [0.717, 1.165) is 164 Å². The predicted molar refractivity (Wildman–Crippen MR) is 319 cm³/mol. The summed E-state index contributed by atoms with van der Waals surface area (Å²) in [5.41, 5.74) is 0. The van der Waals surface area contributed by atoms with Crippen molar-refractivity contribution in [3.05, 3.63) is 25.3 Å². The smallest absolute Gasteiger partial charge is 0.104 e. The van der Waals surface area contributed by atoms with Crippen molar-refractivity contribution in [3.8, 4) is 0 Å². The van der Waals surface area contributed by atoms with Gasteiger partial charge in [0, 0.05) is 151 Å². The van der Waals surface area contributed by atoms with E-state index in [0.29, 0.717) is 58.9 Å². The maximum Gasteiger partial charge on any atom is 0.104 e. The van der Waals surface area contributed by atoms with Crippen molar-refractivity contribution in [2.75, 3.05) is 266 Å². The number of unbranched alkanes of at least 4 members (excludes halogenated alkanes) is 4. The van der Waals surface area contributed by atoms with E-state index < -0.39 is 6.10 Å². The van der Waals surface area contributed by atoms with E-state index in [2.05, 4.69) is 145 Å². The van der Waals surface area contributed by atoms with Crippen molar-refractivity contribution in [3.63, 3.8) is 0 Å². The molecule has 1 aliphatic rings. The molecule has 20 heteroatoms. The fraction of sp³-hybridized carbons (Fsp3) is 0.929. The van der Waals surface area contributed by atoms with Crippen LogP contribution in [0.5, 0.6) is 0 Å². The largest absolute Gasteiger partial charge is 0.389 e. The number of rotatable bonds is 58. The number of nitrogens with one attached hydrogen (secondary N) is 7. The van der Waals surface area contributed by atoms with Crippen LogP contribution in [-0.2, 0) is 33.2 Å². The summed E-state index contributed by atoms with van der Waals surface area (Å²) in [7, 11) is 16.7. The number of nitrogens with zero attached hydrogens (tertiary/aromatic N) is 5. The number of aliphatic hydroxyl groups is 1. The third-order valence-electron chi connectivity index (χ3n) is 11.5. The molecule has 0 saturated carbocycles. The Labute approximate surface area is 467 Å². The van der Waals surface area contributed by atoms with E-state index in [1.807, 2.05) is 0 Å². The van der Waals surface area contributed by atoms with Crippen LogP contribution in [0.15, 0.2) is 25.3 Å². The normalized spacial score (nSPS) is 14.6. The molecule has 0 aliphatic carbocycles. The lowest BCUT2D eigenvalue weighted by atomic mass is 10.3. The molecule has 0 aromatic rings. The summed E-state index contributed by atoms with van der Waals surface area (Å²) >= 11 is 0. The average Bonchev–Trinajstić information content (AvgIpc) is 4.22. The first-order chi connectivity index (χ1) is 36.9. The number of ether oxygens (including phenoxy) is 7. The molecule has 8 N–H and O–H groups in total. The predicted octanol–water partition coefficient (Wildman–Crippen LogP) is 0.984. The topological polar surface area (TPSA) is 189 Å². The summed E-state index contributed by atoms with van der Waals surface area (Å²) in [5, 5.41) is 34.5. The minimum absolute atomic E-state index is 0.00240. The molecule has 4 unspecified atom stereocenters. The van der Waals surface area contributed by atoms with Crippen LogP contribution in [0.4, 0.5) is 0 Å². The SMILES string of the molecule is C=CCOCC(CNCCNCCN(C)C)OCCNCCN(CCN(C)C)CC(O)COCCCCC.C=CCOCC(CNCCNCCN(C)C)OCCNCCNCCN(C)C.CCCCCOCC1CO1. The minimum atomic E-state index is -0.464. The number of hydrogen-bond acceptors (Lipinski definition) is 20. The molecule has 1 heterocycles. The Balaban J connectivity index is 0. The van der Waals surface area contributed by atoms with Gasteiger partial charge in [-0.25, -0.2) is 0 Å².